The molecule has 0 saturated carbocycles. The zero-order chi connectivity index (χ0) is 98.5. The number of aliphatic hydroxyl groups is 4. The van der Waals surface area contributed by atoms with E-state index in [-0.39, 0.29) is 83.0 Å². The van der Waals surface area contributed by atoms with Gasteiger partial charge in [0.05, 0.1) is 38.1 Å². The van der Waals surface area contributed by atoms with Crippen LogP contribution in [-0.4, -0.2) is 335 Å². The molecule has 0 spiro atoms. The molecule has 5 aromatic rings. The van der Waals surface area contributed by atoms with E-state index in [9.17, 15) is 68.7 Å². The molecule has 8 rings (SSSR count). The number of rotatable bonds is 26. The standard InChI is InChI=1S/C89H128N22O22S/c1-9-11-24-68-81(126)98-58(23-17-31-94-89(92)93)76(121)106-67(80(125)103-64(42-112)74(91)119)45-134-46-73(118)97-61(34-49-27-29-52(115)30-28-49)84(129)107(6)48(5)75(120)100-63(38-72(90)117)86(131)110-32-18-26-69(110)82(127)105-66(44-114)79(124)101-60(33-47(3)4)87(132)111-41-53(116)37-71(111)83(128)99-59(35-50-39-95-56-21-15-13-19-54(50)56)77(122)104-65(43-113)78(123)102-62(36-51-40-96-57-22-16-14-20-55(51)57)85(130)109(8)70(25-12-10-2)88(133)108(68)7/h13-16,19-22,27-30,39-40,47-48,53,58-71,95-96,112-116H,9-12,17-18,23-26,31-38,41-46H2,1-8H3,(H2,90,117)(H2,91,119)(H,97,118)(H,98,126)(H,99,128)(H,100,120)(H,101,124)(H,102,123)(H,103,125)(H,104,122)(H,105,127)(H,106,121)(H4,92,93,94)/t48-,53+,58-,59-,60-,61-,62-,63-,64-,65-,66-,67?,68-,69-,70-,71-/m0/s1. The Morgan fingerprint density at radius 2 is 1.05 bits per heavy atom. The van der Waals surface area contributed by atoms with Gasteiger partial charge in [-0.3, -0.25) is 86.9 Å². The number of phenols is 1. The number of hydrogen-bond acceptors (Lipinski definition) is 24. The summed E-state index contributed by atoms with van der Waals surface area (Å²) >= 11 is 0.699. The molecule has 0 aliphatic carbocycles. The summed E-state index contributed by atoms with van der Waals surface area (Å²) in [5.41, 5.74) is 19.4. The molecule has 45 heteroatoms. The van der Waals surface area contributed by atoms with Gasteiger partial charge < -0.3 is 136 Å². The Bertz CT molecular complexity index is 5020. The maximum absolute atomic E-state index is 15.7. The van der Waals surface area contributed by atoms with Crippen molar-refractivity contribution in [3.63, 3.8) is 0 Å². The van der Waals surface area contributed by atoms with Crippen molar-refractivity contribution >= 4 is 140 Å². The van der Waals surface area contributed by atoms with E-state index in [0.29, 0.717) is 75.9 Å². The summed E-state index contributed by atoms with van der Waals surface area (Å²) in [5, 5.41) is 91.0. The summed E-state index contributed by atoms with van der Waals surface area (Å²) in [6.07, 6.45) is 0.740. The highest BCUT2D eigenvalue weighted by Crippen LogP contribution is 2.28. The average Bonchev–Trinajstić information content (AvgIpc) is 1.59. The van der Waals surface area contributed by atoms with Gasteiger partial charge in [0, 0.05) is 106 Å². The Balaban J connectivity index is 1.20. The molecule has 17 amide bonds. The number of nitrogens with zero attached hydrogens (tertiary/aromatic N) is 5. The Morgan fingerprint density at radius 1 is 0.545 bits per heavy atom. The third-order valence-corrected chi connectivity index (χ3v) is 25.0. The monoisotopic (exact) mass is 1890 g/mol. The van der Waals surface area contributed by atoms with Crippen LogP contribution < -0.4 is 75.7 Å². The van der Waals surface area contributed by atoms with Gasteiger partial charge in [0.2, 0.25) is 100 Å². The van der Waals surface area contributed by atoms with Crippen LogP contribution in [0, 0.1) is 11.3 Å². The number of amides is 17. The molecule has 5 heterocycles. The number of aromatic amines is 2. The minimum Gasteiger partial charge on any atom is -0.508 e. The zero-order valence-electron chi connectivity index (χ0n) is 76.4. The number of guanidine groups is 1. The molecular formula is C89H128N22O22S. The lowest BCUT2D eigenvalue weighted by Gasteiger charge is -2.36. The molecule has 3 aromatic carbocycles. The molecule has 16 atom stereocenters. The van der Waals surface area contributed by atoms with E-state index in [1.807, 2.05) is 13.8 Å². The Labute approximate surface area is 778 Å². The number of aromatic hydroxyl groups is 1. The minimum atomic E-state index is -1.91. The second kappa shape index (κ2) is 50.7. The molecule has 25 N–H and O–H groups in total. The van der Waals surface area contributed by atoms with Crippen molar-refractivity contribution in [2.75, 3.05) is 72.1 Å². The Hall–Kier alpha value is -13.0. The van der Waals surface area contributed by atoms with Crippen LogP contribution >= 0.6 is 11.8 Å². The number of likely N-dealkylation sites (N-methyl/N-ethyl adjacent to an activating group) is 3. The first-order valence-corrected chi connectivity index (χ1v) is 45.9. The first-order chi connectivity index (χ1) is 63.7. The van der Waals surface area contributed by atoms with Crippen molar-refractivity contribution < 1.29 is 107 Å². The number of unbranched alkanes of at least 4 members (excludes halogenated alkanes) is 2. The first kappa shape index (κ1) is 106. The minimum absolute atomic E-state index is 0.00432. The molecule has 0 radical (unpaired) electrons. The van der Waals surface area contributed by atoms with Crippen molar-refractivity contribution in [2.45, 2.75) is 234 Å². The smallest absolute Gasteiger partial charge is 0.246 e. The number of hydrogen-bond donors (Lipinski definition) is 22. The lowest BCUT2D eigenvalue weighted by atomic mass is 10.00. The summed E-state index contributed by atoms with van der Waals surface area (Å²) in [5.74, 6) is -19.4. The number of phenolic OH excluding ortho intramolecular Hbond substituents is 1. The number of benzene rings is 3. The van der Waals surface area contributed by atoms with Gasteiger partial charge in [-0.1, -0.05) is 102 Å². The van der Waals surface area contributed by atoms with E-state index in [1.165, 1.54) is 52.3 Å². The number of thioether (sulfide) groups is 1. The van der Waals surface area contributed by atoms with E-state index in [1.54, 1.807) is 74.8 Å². The molecule has 3 aliphatic rings. The molecule has 3 aliphatic heterocycles. The molecule has 3 fully saturated rings. The molecule has 1 unspecified atom stereocenters. The molecule has 2 aromatic heterocycles. The first-order valence-electron chi connectivity index (χ1n) is 44.8. The van der Waals surface area contributed by atoms with Crippen molar-refractivity contribution in [3.05, 3.63) is 102 Å². The summed E-state index contributed by atoms with van der Waals surface area (Å²) in [4.78, 5) is 261. The number of fused-ring (bicyclic) bond motifs is 4. The van der Waals surface area contributed by atoms with Crippen molar-refractivity contribution in [2.24, 2.45) is 23.1 Å². The average molecular weight is 1890 g/mol. The summed E-state index contributed by atoms with van der Waals surface area (Å²) in [6, 6.07) is -5.01. The lowest BCUT2D eigenvalue weighted by Crippen LogP contribution is -2.62. The van der Waals surface area contributed by atoms with E-state index in [0.717, 1.165) is 24.5 Å². The number of nitrogens with two attached hydrogens (primary N) is 3. The molecule has 3 saturated heterocycles. The summed E-state index contributed by atoms with van der Waals surface area (Å²) in [7, 11) is 3.83. The molecule has 732 valence electrons. The van der Waals surface area contributed by atoms with E-state index < -0.39 is 260 Å². The van der Waals surface area contributed by atoms with Gasteiger partial charge in [0.1, 0.15) is 96.4 Å². The SMILES string of the molecule is CCCC[C@H]1C(=O)N(C)[C@@H](CCCC)C(=O)N[C@@H](CCCNC(=N)N)C(=O)NC(C(=O)N[C@@H](CO)C(N)=O)CSCC(=O)N[C@@H](Cc2ccc(O)cc2)C(=O)N(C)[C@@H](C)C(=O)N[C@@H](CC(N)=O)C(=O)N2CCC[C@H]2C(=O)N[C@@H](CO)C(=O)N[C@@H](CC(C)C)C(=O)N2C[C@H](O)C[C@H]2C(=O)N[C@@H](Cc2c[nH]c3ccccc23)C(=O)N[C@@H](CO)C(=O)N[C@@H](Cc2c[nH]c3ccccc23)C(=O)N1C. The Kier molecular flexibility index (Phi) is 40.3. The van der Waals surface area contributed by atoms with Gasteiger partial charge in [0.25, 0.3) is 0 Å². The number of carbonyl (C=O) groups is 17. The van der Waals surface area contributed by atoms with Crippen LogP contribution in [0.15, 0.2) is 85.2 Å². The van der Waals surface area contributed by atoms with Crippen LogP contribution in [0.2, 0.25) is 0 Å². The van der Waals surface area contributed by atoms with E-state index in [4.69, 9.17) is 22.6 Å². The third-order valence-electron chi connectivity index (χ3n) is 23.9. The highest BCUT2D eigenvalue weighted by Gasteiger charge is 2.47. The number of aliphatic hydroxyl groups excluding tert-OH is 4. The fourth-order valence-electron chi connectivity index (χ4n) is 16.3. The zero-order valence-corrected chi connectivity index (χ0v) is 77.2. The van der Waals surface area contributed by atoms with Gasteiger partial charge in [-0.05, 0) is 98.7 Å². The van der Waals surface area contributed by atoms with Gasteiger partial charge >= 0.3 is 0 Å². The number of primary amides is 2. The normalized spacial score (nSPS) is 25.1. The van der Waals surface area contributed by atoms with E-state index in [2.05, 4.69) is 68.5 Å². The second-order valence-corrected chi connectivity index (χ2v) is 35.4. The summed E-state index contributed by atoms with van der Waals surface area (Å²) in [6.45, 7) is 4.35. The maximum atomic E-state index is 15.7. The lowest BCUT2D eigenvalue weighted by molar-refractivity contribution is -0.149. The van der Waals surface area contributed by atoms with Crippen molar-refractivity contribution in [3.8, 4) is 5.75 Å². The van der Waals surface area contributed by atoms with Crippen molar-refractivity contribution in [1.29, 1.82) is 5.41 Å². The van der Waals surface area contributed by atoms with Crippen LogP contribution in [0.25, 0.3) is 21.8 Å². The number of carbonyl (C=O) groups excluding carboxylic acids is 17. The largest absolute Gasteiger partial charge is 0.508 e. The predicted octanol–water partition coefficient (Wildman–Crippen LogP) is -4.54. The van der Waals surface area contributed by atoms with Gasteiger partial charge in [-0.25, -0.2) is 0 Å². The summed E-state index contributed by atoms with van der Waals surface area (Å²) < 4.78 is 0. The fourth-order valence-corrected chi connectivity index (χ4v) is 17.2. The van der Waals surface area contributed by atoms with Crippen LogP contribution in [0.5, 0.6) is 5.75 Å². The van der Waals surface area contributed by atoms with Gasteiger partial charge in [-0.2, -0.15) is 0 Å². The van der Waals surface area contributed by atoms with E-state index >= 15 is 38.4 Å². The molecule has 134 heavy (non-hydrogen) atoms. The quantitative estimate of drug-likeness (QED) is 0.0141. The fraction of sp³-hybridized carbons (Fsp3) is 0.551. The van der Waals surface area contributed by atoms with Crippen LogP contribution in [0.4, 0.5) is 0 Å². The van der Waals surface area contributed by atoms with Crippen LogP contribution in [-0.2, 0) is 101 Å². The third kappa shape index (κ3) is 29.2. The molecule has 44 nitrogen and oxygen atoms in total. The number of H-pyrrole nitrogens is 2. The molecular weight excluding hydrogens is 1760 g/mol. The number of nitrogens with one attached hydrogen (secondary N) is 14. The highest BCUT2D eigenvalue weighted by atomic mass is 32.2. The predicted molar refractivity (Wildman–Crippen MR) is 491 cm³/mol. The number of aromatic nitrogens is 2. The van der Waals surface area contributed by atoms with Crippen LogP contribution in [0.1, 0.15) is 135 Å². The van der Waals surface area contributed by atoms with Gasteiger partial charge in [0.15, 0.2) is 5.96 Å². The Morgan fingerprint density at radius 3 is 1.63 bits per heavy atom. The second-order valence-electron chi connectivity index (χ2n) is 34.3. The molecule has 0 bridgehead atoms. The highest BCUT2D eigenvalue weighted by molar-refractivity contribution is 8.00. The van der Waals surface area contributed by atoms with Crippen molar-refractivity contribution in [1.82, 2.24) is 93.0 Å². The maximum Gasteiger partial charge on any atom is 0.246 e. The van der Waals surface area contributed by atoms with Crippen LogP contribution in [0.3, 0.4) is 0 Å². The topological polar surface area (TPSA) is 673 Å². The number of para-hydroxylation sites is 2. The van der Waals surface area contributed by atoms with Gasteiger partial charge in [-0.15, -0.1) is 11.8 Å².